The van der Waals surface area contributed by atoms with Crippen molar-refractivity contribution in [1.29, 1.82) is 0 Å². The van der Waals surface area contributed by atoms with Crippen LogP contribution < -0.4 is 10.1 Å². The molecular formula is C25H30N6O3S. The monoisotopic (exact) mass is 494 g/mol. The summed E-state index contributed by atoms with van der Waals surface area (Å²) in [6.45, 7) is 6.24. The van der Waals surface area contributed by atoms with Crippen molar-refractivity contribution in [3.8, 4) is 5.75 Å². The van der Waals surface area contributed by atoms with Gasteiger partial charge in [-0.3, -0.25) is 9.89 Å². The van der Waals surface area contributed by atoms with E-state index in [1.165, 1.54) is 10.4 Å². The van der Waals surface area contributed by atoms with Gasteiger partial charge in [0, 0.05) is 35.8 Å². The molecule has 1 atom stereocenters. The van der Waals surface area contributed by atoms with Crippen molar-refractivity contribution in [2.75, 3.05) is 25.5 Å². The van der Waals surface area contributed by atoms with Gasteiger partial charge in [0.15, 0.2) is 0 Å². The zero-order chi connectivity index (χ0) is 24.7. The van der Waals surface area contributed by atoms with Crippen LogP contribution in [-0.2, 0) is 17.6 Å². The molecule has 3 heterocycles. The lowest BCUT2D eigenvalue weighted by atomic mass is 9.86. The number of likely N-dealkylation sites (N-methyl/N-ethyl adjacent to an activating group) is 1. The quantitative estimate of drug-likeness (QED) is 0.355. The van der Waals surface area contributed by atoms with E-state index in [2.05, 4.69) is 25.5 Å². The van der Waals surface area contributed by atoms with Gasteiger partial charge >= 0.3 is 0 Å². The van der Waals surface area contributed by atoms with Crippen LogP contribution in [0, 0.1) is 5.92 Å². The van der Waals surface area contributed by atoms with Gasteiger partial charge in [-0.15, -0.1) is 11.3 Å². The Kier molecular flexibility index (Phi) is 6.10. The minimum atomic E-state index is -0.919. The number of aryl methyl sites for hydroxylation is 1. The Hall–Kier alpha value is -3.24. The van der Waals surface area contributed by atoms with Gasteiger partial charge in [0.25, 0.3) is 0 Å². The largest absolute Gasteiger partial charge is 0.492 e. The molecule has 35 heavy (non-hydrogen) atoms. The van der Waals surface area contributed by atoms with E-state index < -0.39 is 5.60 Å². The normalized spacial score (nSPS) is 15.9. The summed E-state index contributed by atoms with van der Waals surface area (Å²) in [6.07, 6.45) is 5.57. The number of thiophene rings is 1. The highest BCUT2D eigenvalue weighted by atomic mass is 32.1. The van der Waals surface area contributed by atoms with Gasteiger partial charge in [0.2, 0.25) is 5.91 Å². The number of nitrogens with zero attached hydrogens (tertiary/aromatic N) is 4. The fourth-order valence-electron chi connectivity index (χ4n) is 4.86. The zero-order valence-electron chi connectivity index (χ0n) is 20.4. The van der Waals surface area contributed by atoms with Crippen molar-refractivity contribution in [1.82, 2.24) is 25.1 Å². The molecule has 0 radical (unpaired) electrons. The maximum Gasteiger partial charge on any atom is 0.225 e. The number of carbonyl (C=O) groups excluding carboxylic acids is 1. The van der Waals surface area contributed by atoms with Crippen molar-refractivity contribution in [3.05, 3.63) is 35.1 Å². The second-order valence-corrected chi connectivity index (χ2v) is 10.8. The average Bonchev–Trinajstić information content (AvgIpc) is 3.41. The molecule has 0 aliphatic heterocycles. The third-order valence-corrected chi connectivity index (χ3v) is 7.45. The molecule has 1 unspecified atom stereocenters. The maximum atomic E-state index is 13.1. The number of fused-ring (bicyclic) bond motifs is 4. The van der Waals surface area contributed by atoms with E-state index in [0.717, 1.165) is 51.2 Å². The zero-order valence-corrected chi connectivity index (χ0v) is 21.2. The number of amides is 1. The Labute approximate surface area is 207 Å². The highest BCUT2D eigenvalue weighted by molar-refractivity contribution is 7.19. The number of benzene rings is 1. The number of carbonyl (C=O) groups is 1. The molecular weight excluding hydrogens is 464 g/mol. The van der Waals surface area contributed by atoms with Gasteiger partial charge in [-0.25, -0.2) is 9.97 Å². The van der Waals surface area contributed by atoms with E-state index in [1.54, 1.807) is 49.7 Å². The van der Waals surface area contributed by atoms with Gasteiger partial charge in [0.05, 0.1) is 35.0 Å². The third kappa shape index (κ3) is 4.68. The second-order valence-electron chi connectivity index (χ2n) is 9.72. The lowest BCUT2D eigenvalue weighted by molar-refractivity contribution is -0.137. The van der Waals surface area contributed by atoms with Crippen LogP contribution in [0.5, 0.6) is 5.75 Å². The molecule has 0 spiro atoms. The molecule has 1 aromatic carbocycles. The lowest BCUT2D eigenvalue weighted by Crippen LogP contribution is -2.43. The Morgan fingerprint density at radius 2 is 2.20 bits per heavy atom. The minimum Gasteiger partial charge on any atom is -0.492 e. The van der Waals surface area contributed by atoms with Crippen molar-refractivity contribution >= 4 is 49.9 Å². The summed E-state index contributed by atoms with van der Waals surface area (Å²) in [6, 6.07) is 3.94. The number of aromatic nitrogens is 4. The molecule has 4 aromatic rings. The molecule has 0 saturated heterocycles. The third-order valence-electron chi connectivity index (χ3n) is 6.29. The van der Waals surface area contributed by atoms with Gasteiger partial charge in [-0.2, -0.15) is 5.10 Å². The molecule has 184 valence electrons. The Morgan fingerprint density at radius 1 is 1.37 bits per heavy atom. The van der Waals surface area contributed by atoms with E-state index in [9.17, 15) is 9.90 Å². The van der Waals surface area contributed by atoms with Crippen LogP contribution in [0.2, 0.25) is 0 Å². The summed E-state index contributed by atoms with van der Waals surface area (Å²) in [7, 11) is 1.76. The summed E-state index contributed by atoms with van der Waals surface area (Å²) in [5.41, 5.74) is 2.02. The summed E-state index contributed by atoms with van der Waals surface area (Å²) in [5, 5.41) is 22.7. The first-order chi connectivity index (χ1) is 16.7. The Morgan fingerprint density at radius 3 is 2.97 bits per heavy atom. The van der Waals surface area contributed by atoms with Crippen LogP contribution in [0.4, 0.5) is 11.5 Å². The van der Waals surface area contributed by atoms with E-state index in [0.29, 0.717) is 19.6 Å². The average molecular weight is 495 g/mol. The molecule has 3 N–H and O–H groups in total. The number of H-pyrrole nitrogens is 1. The van der Waals surface area contributed by atoms with Crippen LogP contribution in [0.25, 0.3) is 21.1 Å². The standard InChI is InChI=1S/C25H30N6O3S/c1-5-34-19-10-17-15(11-28-30-17)8-18(19)29-22-21-16-7-6-14(24(32)31(4)12-25(2,3)33)9-20(16)35-23(21)27-13-26-22/h8,10-11,13-14,33H,5-7,9,12H2,1-4H3,(H,28,30)(H,26,27,29). The van der Waals surface area contributed by atoms with Crippen LogP contribution >= 0.6 is 11.3 Å². The van der Waals surface area contributed by atoms with Crippen LogP contribution in [0.1, 0.15) is 37.6 Å². The van der Waals surface area contributed by atoms with Crippen molar-refractivity contribution in [2.45, 2.75) is 45.6 Å². The van der Waals surface area contributed by atoms with Crippen molar-refractivity contribution in [2.24, 2.45) is 5.92 Å². The van der Waals surface area contributed by atoms with Gasteiger partial charge < -0.3 is 20.1 Å². The first kappa shape index (κ1) is 23.5. The predicted octanol–water partition coefficient (Wildman–Crippen LogP) is 4.04. The number of aliphatic hydroxyl groups is 1. The van der Waals surface area contributed by atoms with Gasteiger partial charge in [-0.1, -0.05) is 0 Å². The van der Waals surface area contributed by atoms with E-state index in [1.807, 2.05) is 19.1 Å². The molecule has 1 aliphatic carbocycles. The summed E-state index contributed by atoms with van der Waals surface area (Å²) >= 11 is 1.63. The number of anilines is 2. The minimum absolute atomic E-state index is 0.0782. The Bertz CT molecular complexity index is 1390. The highest BCUT2D eigenvalue weighted by Gasteiger charge is 2.32. The van der Waals surface area contributed by atoms with Gasteiger partial charge in [0.1, 0.15) is 22.7 Å². The molecule has 0 saturated carbocycles. The topological polar surface area (TPSA) is 116 Å². The molecule has 10 heteroatoms. The van der Waals surface area contributed by atoms with E-state index in [4.69, 9.17) is 4.74 Å². The number of hydrogen-bond acceptors (Lipinski definition) is 8. The Balaban J connectivity index is 1.45. The second kappa shape index (κ2) is 9.09. The molecule has 0 bridgehead atoms. The first-order valence-electron chi connectivity index (χ1n) is 11.8. The first-order valence-corrected chi connectivity index (χ1v) is 12.6. The lowest BCUT2D eigenvalue weighted by Gasteiger charge is -2.30. The van der Waals surface area contributed by atoms with E-state index in [-0.39, 0.29) is 11.8 Å². The molecule has 5 rings (SSSR count). The summed E-state index contributed by atoms with van der Waals surface area (Å²) < 4.78 is 5.88. The SMILES string of the molecule is CCOc1cc2[nH]ncc2cc1Nc1ncnc2sc3c(c12)CCC(C(=O)N(C)CC(C)(C)O)C3. The molecule has 1 amide bonds. The van der Waals surface area contributed by atoms with E-state index >= 15 is 0 Å². The van der Waals surface area contributed by atoms with Crippen LogP contribution in [0.3, 0.4) is 0 Å². The number of hydrogen-bond donors (Lipinski definition) is 3. The molecule has 0 fully saturated rings. The maximum absolute atomic E-state index is 13.1. The van der Waals surface area contributed by atoms with Crippen molar-refractivity contribution < 1.29 is 14.6 Å². The number of ether oxygens (including phenoxy) is 1. The van der Waals surface area contributed by atoms with Gasteiger partial charge in [-0.05, 0) is 51.7 Å². The molecule has 3 aromatic heterocycles. The molecule has 9 nitrogen and oxygen atoms in total. The van der Waals surface area contributed by atoms with Crippen LogP contribution in [0.15, 0.2) is 24.7 Å². The predicted molar refractivity (Wildman–Crippen MR) is 137 cm³/mol. The van der Waals surface area contributed by atoms with Crippen LogP contribution in [-0.4, -0.2) is 61.9 Å². The summed E-state index contributed by atoms with van der Waals surface area (Å²) in [4.78, 5) is 25.9. The number of aromatic amines is 1. The number of rotatable bonds is 7. The smallest absolute Gasteiger partial charge is 0.225 e. The highest BCUT2D eigenvalue weighted by Crippen LogP contribution is 2.42. The fraction of sp³-hybridized carbons (Fsp3) is 0.440. The van der Waals surface area contributed by atoms with Crippen molar-refractivity contribution in [3.63, 3.8) is 0 Å². The fourth-order valence-corrected chi connectivity index (χ4v) is 6.12. The number of nitrogens with one attached hydrogen (secondary N) is 2. The summed E-state index contributed by atoms with van der Waals surface area (Å²) in [5.74, 6) is 1.44. The molecule has 1 aliphatic rings.